The molecule has 7 nitrogen and oxygen atoms in total. The van der Waals surface area contributed by atoms with E-state index in [-0.39, 0.29) is 36.3 Å². The van der Waals surface area contributed by atoms with Gasteiger partial charge in [-0.15, -0.1) is 0 Å². The average Bonchev–Trinajstić information content (AvgIpc) is 3.09. The highest BCUT2D eigenvalue weighted by Gasteiger charge is 2.37. The topological polar surface area (TPSA) is 79.0 Å². The summed E-state index contributed by atoms with van der Waals surface area (Å²) in [6, 6.07) is 9.88. The van der Waals surface area contributed by atoms with Crippen LogP contribution in [0.2, 0.25) is 0 Å². The fourth-order valence-electron chi connectivity index (χ4n) is 3.91. The van der Waals surface area contributed by atoms with Gasteiger partial charge < -0.3 is 19.9 Å². The number of carbonyl (C=O) groups is 3. The van der Waals surface area contributed by atoms with E-state index >= 15 is 0 Å². The first-order chi connectivity index (χ1) is 14.1. The van der Waals surface area contributed by atoms with Crippen molar-refractivity contribution in [1.82, 2.24) is 15.1 Å². The molecule has 1 atom stereocenters. The molecule has 2 fully saturated rings. The third-order valence-corrected chi connectivity index (χ3v) is 5.64. The smallest absolute Gasteiger partial charge is 0.407 e. The molecule has 1 aromatic carbocycles. The molecule has 0 bridgehead atoms. The summed E-state index contributed by atoms with van der Waals surface area (Å²) in [6.07, 6.45) is 3.18. The van der Waals surface area contributed by atoms with Gasteiger partial charge in [-0.2, -0.15) is 0 Å². The van der Waals surface area contributed by atoms with Crippen LogP contribution in [0.4, 0.5) is 4.79 Å². The van der Waals surface area contributed by atoms with Gasteiger partial charge in [0.25, 0.3) is 0 Å². The first-order valence-corrected chi connectivity index (χ1v) is 10.6. The molecule has 2 aliphatic heterocycles. The minimum atomic E-state index is -0.374. The van der Waals surface area contributed by atoms with Crippen LogP contribution >= 0.6 is 0 Å². The molecule has 0 aliphatic carbocycles. The number of ether oxygens (including phenoxy) is 1. The zero-order chi connectivity index (χ0) is 20.6. The SMILES string of the molecule is CCCCOC(=O)NC1CCN(C(=O)C2CC(=O)N(Cc3ccccc3)C2)CC1. The fourth-order valence-corrected chi connectivity index (χ4v) is 3.91. The lowest BCUT2D eigenvalue weighted by Crippen LogP contribution is -2.48. The maximum Gasteiger partial charge on any atom is 0.407 e. The lowest BCUT2D eigenvalue weighted by molar-refractivity contribution is -0.136. The first-order valence-electron chi connectivity index (χ1n) is 10.6. The number of rotatable bonds is 7. The Hall–Kier alpha value is -2.57. The lowest BCUT2D eigenvalue weighted by Gasteiger charge is -2.33. The van der Waals surface area contributed by atoms with Gasteiger partial charge in [0.05, 0.1) is 12.5 Å². The van der Waals surface area contributed by atoms with Gasteiger partial charge in [0.15, 0.2) is 0 Å². The predicted molar refractivity (Wildman–Crippen MR) is 109 cm³/mol. The van der Waals surface area contributed by atoms with Crippen molar-refractivity contribution in [2.75, 3.05) is 26.2 Å². The number of amides is 3. The van der Waals surface area contributed by atoms with E-state index in [4.69, 9.17) is 4.74 Å². The van der Waals surface area contributed by atoms with Crippen LogP contribution in [-0.2, 0) is 20.9 Å². The Morgan fingerprint density at radius 1 is 1.17 bits per heavy atom. The second kappa shape index (κ2) is 10.3. The Morgan fingerprint density at radius 3 is 2.59 bits per heavy atom. The Morgan fingerprint density at radius 2 is 1.90 bits per heavy atom. The van der Waals surface area contributed by atoms with E-state index in [1.54, 1.807) is 4.90 Å². The molecule has 3 amide bonds. The summed E-state index contributed by atoms with van der Waals surface area (Å²) >= 11 is 0. The van der Waals surface area contributed by atoms with Gasteiger partial charge in [0.2, 0.25) is 11.8 Å². The van der Waals surface area contributed by atoms with E-state index in [0.717, 1.165) is 18.4 Å². The number of hydrogen-bond acceptors (Lipinski definition) is 4. The molecular formula is C22H31N3O4. The van der Waals surface area contributed by atoms with Crippen LogP contribution in [0.1, 0.15) is 44.6 Å². The van der Waals surface area contributed by atoms with Crippen molar-refractivity contribution < 1.29 is 19.1 Å². The standard InChI is InChI=1S/C22H31N3O4/c1-2-3-13-29-22(28)23-19-9-11-24(12-10-19)21(27)18-14-20(26)25(16-18)15-17-7-5-4-6-8-17/h4-8,18-19H,2-3,9-16H2,1H3,(H,23,28). The Balaban J connectivity index is 1.42. The van der Waals surface area contributed by atoms with Crippen molar-refractivity contribution in [3.63, 3.8) is 0 Å². The maximum absolute atomic E-state index is 12.9. The predicted octanol–water partition coefficient (Wildman–Crippen LogP) is 2.55. The van der Waals surface area contributed by atoms with E-state index in [9.17, 15) is 14.4 Å². The van der Waals surface area contributed by atoms with E-state index in [1.165, 1.54) is 0 Å². The fraction of sp³-hybridized carbons (Fsp3) is 0.591. The monoisotopic (exact) mass is 401 g/mol. The van der Waals surface area contributed by atoms with Crippen molar-refractivity contribution in [3.8, 4) is 0 Å². The van der Waals surface area contributed by atoms with E-state index in [2.05, 4.69) is 5.32 Å². The highest BCUT2D eigenvalue weighted by atomic mass is 16.5. The van der Waals surface area contributed by atoms with E-state index in [0.29, 0.717) is 45.6 Å². The first kappa shape index (κ1) is 21.1. The molecule has 158 valence electrons. The van der Waals surface area contributed by atoms with Crippen molar-refractivity contribution in [2.24, 2.45) is 5.92 Å². The summed E-state index contributed by atoms with van der Waals surface area (Å²) in [5.74, 6) is -0.175. The number of nitrogens with one attached hydrogen (secondary N) is 1. The van der Waals surface area contributed by atoms with Gasteiger partial charge in [0.1, 0.15) is 0 Å². The highest BCUT2D eigenvalue weighted by molar-refractivity contribution is 5.89. The molecule has 0 spiro atoms. The number of hydrogen-bond donors (Lipinski definition) is 1. The number of piperidine rings is 1. The van der Waals surface area contributed by atoms with Gasteiger partial charge in [-0.3, -0.25) is 9.59 Å². The summed E-state index contributed by atoms with van der Waals surface area (Å²) < 4.78 is 5.14. The molecule has 2 aliphatic rings. The quantitative estimate of drug-likeness (QED) is 0.712. The number of unbranched alkanes of at least 4 members (excludes halogenated alkanes) is 1. The Bertz CT molecular complexity index is 701. The zero-order valence-electron chi connectivity index (χ0n) is 17.1. The van der Waals surface area contributed by atoms with E-state index in [1.807, 2.05) is 42.2 Å². The number of benzene rings is 1. The van der Waals surface area contributed by atoms with Crippen LogP contribution < -0.4 is 5.32 Å². The molecular weight excluding hydrogens is 370 g/mol. The highest BCUT2D eigenvalue weighted by Crippen LogP contribution is 2.24. The van der Waals surface area contributed by atoms with Crippen molar-refractivity contribution >= 4 is 17.9 Å². The van der Waals surface area contributed by atoms with Crippen molar-refractivity contribution in [1.29, 1.82) is 0 Å². The number of likely N-dealkylation sites (tertiary alicyclic amines) is 2. The van der Waals surface area contributed by atoms with Crippen molar-refractivity contribution in [3.05, 3.63) is 35.9 Å². The van der Waals surface area contributed by atoms with Gasteiger partial charge in [0, 0.05) is 38.6 Å². The minimum absolute atomic E-state index is 0.0352. The van der Waals surface area contributed by atoms with Crippen LogP contribution in [0.25, 0.3) is 0 Å². The van der Waals surface area contributed by atoms with Gasteiger partial charge >= 0.3 is 6.09 Å². The average molecular weight is 402 g/mol. The second-order valence-corrected chi connectivity index (χ2v) is 7.89. The van der Waals surface area contributed by atoms with Crippen LogP contribution in [0, 0.1) is 5.92 Å². The molecule has 29 heavy (non-hydrogen) atoms. The molecule has 0 aromatic heterocycles. The molecule has 2 saturated heterocycles. The molecule has 0 saturated carbocycles. The second-order valence-electron chi connectivity index (χ2n) is 7.89. The molecule has 2 heterocycles. The van der Waals surface area contributed by atoms with Crippen molar-refractivity contribution in [2.45, 2.75) is 51.6 Å². The molecule has 1 N–H and O–H groups in total. The van der Waals surface area contributed by atoms with Gasteiger partial charge in [-0.25, -0.2) is 4.79 Å². The molecule has 1 aromatic rings. The van der Waals surface area contributed by atoms with Crippen LogP contribution in [0.15, 0.2) is 30.3 Å². The van der Waals surface area contributed by atoms with Gasteiger partial charge in [-0.1, -0.05) is 43.7 Å². The molecule has 0 radical (unpaired) electrons. The maximum atomic E-state index is 12.9. The Labute approximate surface area is 172 Å². The summed E-state index contributed by atoms with van der Waals surface area (Å²) in [5.41, 5.74) is 1.08. The van der Waals surface area contributed by atoms with E-state index < -0.39 is 0 Å². The summed E-state index contributed by atoms with van der Waals surface area (Å²) in [6.45, 7) is 4.72. The third-order valence-electron chi connectivity index (χ3n) is 5.64. The number of alkyl carbamates (subject to hydrolysis) is 1. The largest absolute Gasteiger partial charge is 0.450 e. The van der Waals surface area contributed by atoms with Crippen LogP contribution in [-0.4, -0.2) is 60.0 Å². The number of carbonyl (C=O) groups excluding carboxylic acids is 3. The zero-order valence-corrected chi connectivity index (χ0v) is 17.1. The molecule has 1 unspecified atom stereocenters. The molecule has 7 heteroatoms. The number of nitrogens with zero attached hydrogens (tertiary/aromatic N) is 2. The van der Waals surface area contributed by atoms with Gasteiger partial charge in [-0.05, 0) is 24.8 Å². The third kappa shape index (κ3) is 5.95. The summed E-state index contributed by atoms with van der Waals surface area (Å²) in [4.78, 5) is 40.6. The minimum Gasteiger partial charge on any atom is -0.450 e. The summed E-state index contributed by atoms with van der Waals surface area (Å²) in [7, 11) is 0. The molecule has 3 rings (SSSR count). The normalized spacial score (nSPS) is 20.0. The lowest BCUT2D eigenvalue weighted by atomic mass is 10.0. The Kier molecular flexibility index (Phi) is 7.49. The van der Waals surface area contributed by atoms with Crippen LogP contribution in [0.5, 0.6) is 0 Å². The summed E-state index contributed by atoms with van der Waals surface area (Å²) in [5, 5.41) is 2.89. The van der Waals surface area contributed by atoms with Crippen LogP contribution in [0.3, 0.4) is 0 Å².